The fourth-order valence-corrected chi connectivity index (χ4v) is 4.85. The van der Waals surface area contributed by atoms with Crippen LogP contribution in [-0.4, -0.2) is 53.2 Å². The summed E-state index contributed by atoms with van der Waals surface area (Å²) in [5, 5.41) is 13.0. The third-order valence-corrected chi connectivity index (χ3v) is 6.81. The highest BCUT2D eigenvalue weighted by Crippen LogP contribution is 2.29. The summed E-state index contributed by atoms with van der Waals surface area (Å²) >= 11 is 7.75. The van der Waals surface area contributed by atoms with Crippen LogP contribution in [0.2, 0.25) is 5.02 Å². The number of thioether (sulfide) groups is 1. The molecule has 1 aliphatic rings. The van der Waals surface area contributed by atoms with Crippen molar-refractivity contribution in [2.45, 2.75) is 31.0 Å². The van der Waals surface area contributed by atoms with Gasteiger partial charge in [-0.2, -0.15) is 0 Å². The predicted molar refractivity (Wildman–Crippen MR) is 134 cm³/mol. The number of carbonyl (C=O) groups excluding carboxylic acids is 1. The first kappa shape index (κ1) is 23.6. The topological polar surface area (TPSA) is 72.3 Å². The van der Waals surface area contributed by atoms with Crippen molar-refractivity contribution in [2.24, 2.45) is 0 Å². The smallest absolute Gasteiger partial charge is 0.234 e. The Hall–Kier alpha value is -2.55. The molecular formula is C24H28ClN5O2S. The number of ether oxygens (including phenoxy) is 1. The maximum atomic E-state index is 12.6. The third kappa shape index (κ3) is 6.07. The van der Waals surface area contributed by atoms with E-state index in [-0.39, 0.29) is 11.7 Å². The van der Waals surface area contributed by atoms with Gasteiger partial charge in [0, 0.05) is 50.3 Å². The average molecular weight is 486 g/mol. The number of nitrogens with zero attached hydrogens (tertiary/aromatic N) is 4. The Morgan fingerprint density at radius 3 is 2.61 bits per heavy atom. The summed E-state index contributed by atoms with van der Waals surface area (Å²) in [6.45, 7) is 3.49. The number of benzene rings is 2. The molecular weight excluding hydrogens is 458 g/mol. The van der Waals surface area contributed by atoms with Gasteiger partial charge >= 0.3 is 0 Å². The van der Waals surface area contributed by atoms with E-state index in [4.69, 9.17) is 16.3 Å². The summed E-state index contributed by atoms with van der Waals surface area (Å²) in [4.78, 5) is 15.0. The summed E-state index contributed by atoms with van der Waals surface area (Å²) in [5.74, 6) is 0.843. The summed E-state index contributed by atoms with van der Waals surface area (Å²) in [6.07, 6.45) is 3.28. The van der Waals surface area contributed by atoms with Crippen LogP contribution in [0.15, 0.2) is 53.7 Å². The zero-order valence-electron chi connectivity index (χ0n) is 18.7. The molecule has 7 nitrogen and oxygen atoms in total. The Labute approximate surface area is 203 Å². The Kier molecular flexibility index (Phi) is 8.25. The Morgan fingerprint density at radius 2 is 1.88 bits per heavy atom. The van der Waals surface area contributed by atoms with Crippen molar-refractivity contribution < 1.29 is 9.53 Å². The van der Waals surface area contributed by atoms with Crippen molar-refractivity contribution >= 4 is 40.6 Å². The predicted octanol–water partition coefficient (Wildman–Crippen LogP) is 4.97. The Bertz CT molecular complexity index is 1070. The lowest BCUT2D eigenvalue weighted by Gasteiger charge is -2.17. The van der Waals surface area contributed by atoms with Crippen molar-refractivity contribution in [2.75, 3.05) is 42.8 Å². The fourth-order valence-electron chi connectivity index (χ4n) is 3.86. The van der Waals surface area contributed by atoms with Gasteiger partial charge in [-0.15, -0.1) is 10.2 Å². The molecule has 0 radical (unpaired) electrons. The molecule has 1 N–H and O–H groups in total. The van der Waals surface area contributed by atoms with Gasteiger partial charge < -0.3 is 19.5 Å². The zero-order valence-corrected chi connectivity index (χ0v) is 20.2. The Morgan fingerprint density at radius 1 is 1.12 bits per heavy atom. The first-order valence-corrected chi connectivity index (χ1v) is 12.5. The maximum Gasteiger partial charge on any atom is 0.234 e. The number of nitrogens with one attached hydrogen (secondary N) is 1. The molecule has 1 amide bonds. The molecule has 2 heterocycles. The number of carbonyl (C=O) groups is 1. The van der Waals surface area contributed by atoms with Gasteiger partial charge in [-0.1, -0.05) is 35.5 Å². The van der Waals surface area contributed by atoms with Crippen molar-refractivity contribution in [3.05, 3.63) is 53.6 Å². The van der Waals surface area contributed by atoms with Crippen LogP contribution in [0.3, 0.4) is 0 Å². The van der Waals surface area contributed by atoms with Crippen LogP contribution in [0, 0.1) is 0 Å². The van der Waals surface area contributed by atoms with Crippen molar-refractivity contribution in [1.82, 2.24) is 14.8 Å². The molecule has 0 saturated carbocycles. The SMILES string of the molecule is COCCCn1c(SCC(=O)Nc2ccc(N3CCCC3)cc2)nnc1-c1ccccc1Cl. The second kappa shape index (κ2) is 11.5. The summed E-state index contributed by atoms with van der Waals surface area (Å²) in [6, 6.07) is 15.6. The number of methoxy groups -OCH3 is 1. The lowest BCUT2D eigenvalue weighted by molar-refractivity contribution is -0.113. The van der Waals surface area contributed by atoms with Gasteiger partial charge in [0.1, 0.15) is 0 Å². The molecule has 0 atom stereocenters. The minimum atomic E-state index is -0.0837. The van der Waals surface area contributed by atoms with E-state index in [1.54, 1.807) is 7.11 Å². The van der Waals surface area contributed by atoms with E-state index >= 15 is 0 Å². The van der Waals surface area contributed by atoms with Gasteiger partial charge in [0.25, 0.3) is 0 Å². The number of hydrogen-bond acceptors (Lipinski definition) is 6. The number of amides is 1. The minimum Gasteiger partial charge on any atom is -0.385 e. The summed E-state index contributed by atoms with van der Waals surface area (Å²) in [5.41, 5.74) is 2.82. The van der Waals surface area contributed by atoms with Gasteiger partial charge in [0.2, 0.25) is 5.91 Å². The number of hydrogen-bond donors (Lipinski definition) is 1. The van der Waals surface area contributed by atoms with E-state index in [2.05, 4.69) is 32.5 Å². The molecule has 4 rings (SSSR count). The average Bonchev–Trinajstić information content (AvgIpc) is 3.49. The number of rotatable bonds is 10. The second-order valence-electron chi connectivity index (χ2n) is 7.86. The van der Waals surface area contributed by atoms with Gasteiger partial charge in [-0.25, -0.2) is 0 Å². The van der Waals surface area contributed by atoms with E-state index in [1.807, 2.05) is 41.0 Å². The molecule has 0 bridgehead atoms. The summed E-state index contributed by atoms with van der Waals surface area (Å²) < 4.78 is 7.20. The molecule has 33 heavy (non-hydrogen) atoms. The van der Waals surface area contributed by atoms with Crippen LogP contribution < -0.4 is 10.2 Å². The highest BCUT2D eigenvalue weighted by atomic mass is 35.5. The number of anilines is 2. The zero-order chi connectivity index (χ0) is 23.0. The Balaban J connectivity index is 1.40. The first-order valence-electron chi connectivity index (χ1n) is 11.1. The van der Waals surface area contributed by atoms with Crippen LogP contribution in [0.4, 0.5) is 11.4 Å². The lowest BCUT2D eigenvalue weighted by Crippen LogP contribution is -2.18. The lowest BCUT2D eigenvalue weighted by atomic mass is 10.2. The minimum absolute atomic E-state index is 0.0837. The molecule has 1 fully saturated rings. The van der Waals surface area contributed by atoms with E-state index < -0.39 is 0 Å². The van der Waals surface area contributed by atoms with Crippen molar-refractivity contribution in [1.29, 1.82) is 0 Å². The van der Waals surface area contributed by atoms with Crippen molar-refractivity contribution in [3.8, 4) is 11.4 Å². The fraction of sp³-hybridized carbons (Fsp3) is 0.375. The largest absolute Gasteiger partial charge is 0.385 e. The molecule has 0 aliphatic carbocycles. The van der Waals surface area contributed by atoms with E-state index in [1.165, 1.54) is 30.3 Å². The monoisotopic (exact) mass is 485 g/mol. The van der Waals surface area contributed by atoms with Crippen LogP contribution in [0.1, 0.15) is 19.3 Å². The van der Waals surface area contributed by atoms with Gasteiger partial charge in [-0.3, -0.25) is 4.79 Å². The second-order valence-corrected chi connectivity index (χ2v) is 9.21. The number of aromatic nitrogens is 3. The third-order valence-electron chi connectivity index (χ3n) is 5.52. The highest BCUT2D eigenvalue weighted by molar-refractivity contribution is 7.99. The summed E-state index contributed by atoms with van der Waals surface area (Å²) in [7, 11) is 1.68. The maximum absolute atomic E-state index is 12.6. The van der Waals surface area contributed by atoms with E-state index in [0.29, 0.717) is 29.2 Å². The molecule has 174 valence electrons. The highest BCUT2D eigenvalue weighted by Gasteiger charge is 2.18. The number of halogens is 1. The molecule has 1 aromatic heterocycles. The molecule has 1 aliphatic heterocycles. The van der Waals surface area contributed by atoms with Crippen LogP contribution in [0.5, 0.6) is 0 Å². The normalized spacial score (nSPS) is 13.5. The molecule has 1 saturated heterocycles. The van der Waals surface area contributed by atoms with Gasteiger partial charge in [0.05, 0.1) is 10.8 Å². The standard InChI is InChI=1S/C24H28ClN5O2S/c1-32-16-6-15-30-23(20-7-2-3-8-21(20)25)27-28-24(30)33-17-22(31)26-18-9-11-19(12-10-18)29-13-4-5-14-29/h2-3,7-12H,4-6,13-17H2,1H3,(H,26,31). The quantitative estimate of drug-likeness (QED) is 0.323. The first-order chi connectivity index (χ1) is 16.2. The molecule has 3 aromatic rings. The van der Waals surface area contributed by atoms with Crippen molar-refractivity contribution in [3.63, 3.8) is 0 Å². The van der Waals surface area contributed by atoms with Crippen LogP contribution in [0.25, 0.3) is 11.4 Å². The van der Waals surface area contributed by atoms with Gasteiger partial charge in [-0.05, 0) is 55.7 Å². The van der Waals surface area contributed by atoms with E-state index in [9.17, 15) is 4.79 Å². The van der Waals surface area contributed by atoms with Crippen LogP contribution in [-0.2, 0) is 16.1 Å². The van der Waals surface area contributed by atoms with Gasteiger partial charge in [0.15, 0.2) is 11.0 Å². The molecule has 9 heteroatoms. The van der Waals surface area contributed by atoms with Crippen LogP contribution >= 0.6 is 23.4 Å². The van der Waals surface area contributed by atoms with E-state index in [0.717, 1.165) is 30.8 Å². The molecule has 2 aromatic carbocycles. The molecule has 0 spiro atoms. The molecule has 0 unspecified atom stereocenters.